The minimum Gasteiger partial charge on any atom is -0.497 e. The van der Waals surface area contributed by atoms with Crippen LogP contribution in [0.4, 0.5) is 11.4 Å². The molecule has 2 aliphatic rings. The van der Waals surface area contributed by atoms with E-state index in [-0.39, 0.29) is 35.5 Å². The molecule has 0 aromatic heterocycles. The highest BCUT2D eigenvalue weighted by molar-refractivity contribution is 6.22. The number of rotatable bonds is 5. The third-order valence-electron chi connectivity index (χ3n) is 5.92. The summed E-state index contributed by atoms with van der Waals surface area (Å²) >= 11 is 0. The highest BCUT2D eigenvalue weighted by Crippen LogP contribution is 2.40. The van der Waals surface area contributed by atoms with Crippen LogP contribution in [-0.4, -0.2) is 31.9 Å². The van der Waals surface area contributed by atoms with E-state index in [4.69, 9.17) is 9.47 Å². The number of ether oxygens (including phenoxy) is 2. The van der Waals surface area contributed by atoms with Crippen LogP contribution in [0.3, 0.4) is 0 Å². The van der Waals surface area contributed by atoms with Gasteiger partial charge in [0.05, 0.1) is 37.4 Å². The number of allylic oxidation sites excluding steroid dienone is 2. The van der Waals surface area contributed by atoms with Gasteiger partial charge in [-0.15, -0.1) is 0 Å². The molecule has 31 heavy (non-hydrogen) atoms. The molecule has 2 aromatic carbocycles. The molecule has 2 aromatic rings. The number of nitrogens with zero attached hydrogens (tertiary/aromatic N) is 1. The number of hydrogen-bond acceptors (Lipinski definition) is 5. The lowest BCUT2D eigenvalue weighted by Crippen LogP contribution is -2.31. The molecular formula is C24H24N2O5. The summed E-state index contributed by atoms with van der Waals surface area (Å²) in [5, 5.41) is 2.81. The standard InChI is InChI=1S/C24H24N2O5/c1-14-5-4-6-18-21(14)24(29)26(23(18)28)16-9-7-15(8-10-16)22(27)25-19-12-11-17(30-2)13-20(19)31-3/h4-5,7-14,18,21H,6H2,1-3H3,(H,25,27)/t14-,18-,21+/m1/s1. The van der Waals surface area contributed by atoms with Gasteiger partial charge in [0.15, 0.2) is 0 Å². The number of hydrogen-bond donors (Lipinski definition) is 1. The van der Waals surface area contributed by atoms with Gasteiger partial charge in [-0.2, -0.15) is 0 Å². The molecule has 1 fully saturated rings. The number of anilines is 2. The second-order valence-corrected chi connectivity index (χ2v) is 7.73. The van der Waals surface area contributed by atoms with Gasteiger partial charge in [0.25, 0.3) is 5.91 Å². The Morgan fingerprint density at radius 2 is 1.77 bits per heavy atom. The zero-order valence-corrected chi connectivity index (χ0v) is 17.6. The molecule has 3 amide bonds. The summed E-state index contributed by atoms with van der Waals surface area (Å²) in [6.45, 7) is 1.96. The Kier molecular flexibility index (Phi) is 5.50. The van der Waals surface area contributed by atoms with E-state index in [1.165, 1.54) is 12.0 Å². The summed E-state index contributed by atoms with van der Waals surface area (Å²) in [5.74, 6) is -0.183. The van der Waals surface area contributed by atoms with Crippen molar-refractivity contribution in [3.8, 4) is 11.5 Å². The zero-order chi connectivity index (χ0) is 22.1. The Morgan fingerprint density at radius 1 is 1.03 bits per heavy atom. The second kappa shape index (κ2) is 8.26. The van der Waals surface area contributed by atoms with Crippen molar-refractivity contribution in [3.63, 3.8) is 0 Å². The molecule has 160 valence electrons. The maximum Gasteiger partial charge on any atom is 0.255 e. The Balaban J connectivity index is 1.52. The summed E-state index contributed by atoms with van der Waals surface area (Å²) in [7, 11) is 3.06. The van der Waals surface area contributed by atoms with Crippen molar-refractivity contribution in [1.29, 1.82) is 0 Å². The minimum atomic E-state index is -0.333. The fraction of sp³-hybridized carbons (Fsp3) is 0.292. The molecule has 0 radical (unpaired) electrons. The first-order valence-corrected chi connectivity index (χ1v) is 10.1. The fourth-order valence-electron chi connectivity index (χ4n) is 4.26. The van der Waals surface area contributed by atoms with Crippen molar-refractivity contribution >= 4 is 29.1 Å². The predicted molar refractivity (Wildman–Crippen MR) is 116 cm³/mol. The lowest BCUT2D eigenvalue weighted by molar-refractivity contribution is -0.122. The average Bonchev–Trinajstić information content (AvgIpc) is 3.05. The molecule has 0 spiro atoms. The largest absolute Gasteiger partial charge is 0.497 e. The van der Waals surface area contributed by atoms with Crippen LogP contribution in [0.1, 0.15) is 23.7 Å². The number of fused-ring (bicyclic) bond motifs is 1. The maximum absolute atomic E-state index is 12.9. The van der Waals surface area contributed by atoms with Crippen molar-refractivity contribution in [2.45, 2.75) is 13.3 Å². The summed E-state index contributed by atoms with van der Waals surface area (Å²) in [6.07, 6.45) is 4.55. The maximum atomic E-state index is 12.9. The molecule has 7 nitrogen and oxygen atoms in total. The molecule has 7 heteroatoms. The Hall–Kier alpha value is -3.61. The van der Waals surface area contributed by atoms with E-state index >= 15 is 0 Å². The van der Waals surface area contributed by atoms with Gasteiger partial charge in [0, 0.05) is 11.6 Å². The number of carbonyl (C=O) groups is 3. The number of carbonyl (C=O) groups excluding carboxylic acids is 3. The summed E-state index contributed by atoms with van der Waals surface area (Å²) in [5.41, 5.74) is 1.39. The summed E-state index contributed by atoms with van der Waals surface area (Å²) in [6, 6.07) is 11.6. The summed E-state index contributed by atoms with van der Waals surface area (Å²) in [4.78, 5) is 39.7. The third kappa shape index (κ3) is 3.67. The van der Waals surface area contributed by atoms with Crippen LogP contribution in [0.5, 0.6) is 11.5 Å². The molecule has 0 unspecified atom stereocenters. The van der Waals surface area contributed by atoms with Crippen molar-refractivity contribution in [2.75, 3.05) is 24.4 Å². The first-order chi connectivity index (χ1) is 14.9. The van der Waals surface area contributed by atoms with Gasteiger partial charge in [0.1, 0.15) is 11.5 Å². The monoisotopic (exact) mass is 420 g/mol. The molecule has 1 N–H and O–H groups in total. The number of nitrogens with one attached hydrogen (secondary N) is 1. The van der Waals surface area contributed by atoms with E-state index in [0.29, 0.717) is 34.9 Å². The minimum absolute atomic E-state index is 0.0322. The Morgan fingerprint density at radius 3 is 2.42 bits per heavy atom. The van der Waals surface area contributed by atoms with Gasteiger partial charge in [0.2, 0.25) is 11.8 Å². The van der Waals surface area contributed by atoms with Crippen molar-refractivity contribution in [1.82, 2.24) is 0 Å². The molecular weight excluding hydrogens is 396 g/mol. The number of amides is 3. The van der Waals surface area contributed by atoms with Gasteiger partial charge < -0.3 is 14.8 Å². The fourth-order valence-corrected chi connectivity index (χ4v) is 4.26. The van der Waals surface area contributed by atoms with E-state index in [1.54, 1.807) is 49.6 Å². The predicted octanol–water partition coefficient (Wildman–Crippen LogP) is 3.66. The van der Waals surface area contributed by atoms with E-state index in [1.807, 2.05) is 19.1 Å². The highest BCUT2D eigenvalue weighted by Gasteiger charge is 2.50. The SMILES string of the molecule is COc1ccc(NC(=O)c2ccc(N3C(=O)[C@H]4[C@H](C)C=CC[C@H]4C3=O)cc2)c(OC)c1. The number of methoxy groups -OCH3 is 2. The first-order valence-electron chi connectivity index (χ1n) is 10.1. The van der Waals surface area contributed by atoms with Crippen LogP contribution >= 0.6 is 0 Å². The van der Waals surface area contributed by atoms with E-state index in [9.17, 15) is 14.4 Å². The van der Waals surface area contributed by atoms with Crippen LogP contribution < -0.4 is 19.7 Å². The second-order valence-electron chi connectivity index (χ2n) is 7.73. The van der Waals surface area contributed by atoms with Crippen LogP contribution in [0.25, 0.3) is 0 Å². The number of imide groups is 1. The van der Waals surface area contributed by atoms with Crippen LogP contribution in [0, 0.1) is 17.8 Å². The van der Waals surface area contributed by atoms with E-state index in [0.717, 1.165) is 0 Å². The first kappa shape index (κ1) is 20.7. The normalized spacial score (nSPS) is 22.3. The van der Waals surface area contributed by atoms with Crippen LogP contribution in [0.2, 0.25) is 0 Å². The van der Waals surface area contributed by atoms with Crippen molar-refractivity contribution in [2.24, 2.45) is 17.8 Å². The van der Waals surface area contributed by atoms with E-state index < -0.39 is 0 Å². The molecule has 1 saturated heterocycles. The van der Waals surface area contributed by atoms with Gasteiger partial charge >= 0.3 is 0 Å². The van der Waals surface area contributed by atoms with Gasteiger partial charge in [-0.3, -0.25) is 19.3 Å². The topological polar surface area (TPSA) is 84.9 Å². The molecule has 1 aliphatic carbocycles. The summed E-state index contributed by atoms with van der Waals surface area (Å²) < 4.78 is 10.5. The molecule has 1 heterocycles. The molecule has 0 saturated carbocycles. The average molecular weight is 420 g/mol. The van der Waals surface area contributed by atoms with Gasteiger partial charge in [-0.1, -0.05) is 19.1 Å². The van der Waals surface area contributed by atoms with Crippen molar-refractivity contribution in [3.05, 3.63) is 60.2 Å². The van der Waals surface area contributed by atoms with Gasteiger partial charge in [-0.25, -0.2) is 0 Å². The van der Waals surface area contributed by atoms with Crippen LogP contribution in [0.15, 0.2) is 54.6 Å². The lowest BCUT2D eigenvalue weighted by atomic mass is 9.78. The zero-order valence-electron chi connectivity index (χ0n) is 17.6. The Bertz CT molecular complexity index is 1060. The quantitative estimate of drug-likeness (QED) is 0.589. The lowest BCUT2D eigenvalue weighted by Gasteiger charge is -2.22. The van der Waals surface area contributed by atoms with E-state index in [2.05, 4.69) is 5.32 Å². The Labute approximate surface area is 180 Å². The van der Waals surface area contributed by atoms with Crippen LogP contribution in [-0.2, 0) is 9.59 Å². The molecule has 1 aliphatic heterocycles. The third-order valence-corrected chi connectivity index (χ3v) is 5.92. The number of benzene rings is 2. The molecule has 3 atom stereocenters. The van der Waals surface area contributed by atoms with Gasteiger partial charge in [-0.05, 0) is 48.7 Å². The highest BCUT2D eigenvalue weighted by atomic mass is 16.5. The molecule has 4 rings (SSSR count). The molecule has 0 bridgehead atoms. The smallest absolute Gasteiger partial charge is 0.255 e. The van der Waals surface area contributed by atoms with Crippen molar-refractivity contribution < 1.29 is 23.9 Å².